The summed E-state index contributed by atoms with van der Waals surface area (Å²) in [4.78, 5) is 11.2. The molecule has 0 saturated carbocycles. The van der Waals surface area contributed by atoms with E-state index < -0.39 is 5.97 Å². The van der Waals surface area contributed by atoms with Gasteiger partial charge < -0.3 is 15.2 Å². The summed E-state index contributed by atoms with van der Waals surface area (Å²) in [5.41, 5.74) is 1.93. The maximum atomic E-state index is 11.2. The molecule has 1 aliphatic rings. The second-order valence-electron chi connectivity index (χ2n) is 4.84. The fourth-order valence-corrected chi connectivity index (χ4v) is 2.30. The molecule has 0 aromatic heterocycles. The summed E-state index contributed by atoms with van der Waals surface area (Å²) in [5.74, 6) is -0.902. The van der Waals surface area contributed by atoms with Crippen molar-refractivity contribution in [1.82, 2.24) is 0 Å². The number of benzene rings is 1. The highest BCUT2D eigenvalue weighted by Crippen LogP contribution is 2.22. The molecule has 2 atom stereocenters. The van der Waals surface area contributed by atoms with Crippen LogP contribution in [0.25, 0.3) is 0 Å². The Balaban J connectivity index is 2.15. The second kappa shape index (κ2) is 5.40. The van der Waals surface area contributed by atoms with Crippen molar-refractivity contribution in [3.8, 4) is 0 Å². The molecule has 1 saturated heterocycles. The normalized spacial score (nSPS) is 20.7. The Hall–Kier alpha value is -1.55. The Bertz CT molecular complexity index is 439. The number of ether oxygens (including phenoxy) is 1. The summed E-state index contributed by atoms with van der Waals surface area (Å²) in [5, 5.41) is 12.5. The first-order chi connectivity index (χ1) is 8.58. The van der Waals surface area contributed by atoms with Gasteiger partial charge in [0.2, 0.25) is 0 Å². The predicted octanol–water partition coefficient (Wildman–Crippen LogP) is 2.67. The average Bonchev–Trinajstić information content (AvgIpc) is 2.84. The molecule has 0 amide bonds. The number of nitrogens with one attached hydrogen (secondary N) is 1. The van der Waals surface area contributed by atoms with E-state index in [2.05, 4.69) is 5.32 Å². The van der Waals surface area contributed by atoms with Crippen LogP contribution in [0, 0.1) is 6.92 Å². The fourth-order valence-electron chi connectivity index (χ4n) is 2.30. The van der Waals surface area contributed by atoms with Crippen molar-refractivity contribution in [3.63, 3.8) is 0 Å². The van der Waals surface area contributed by atoms with E-state index in [1.807, 2.05) is 26.0 Å². The fraction of sp³-hybridized carbons (Fsp3) is 0.500. The number of carbonyl (C=O) groups is 1. The SMILES string of the molecule is Cc1ccc(NC(C)C2CCCO2)c(C(=O)O)c1. The van der Waals surface area contributed by atoms with Gasteiger partial charge in [-0.2, -0.15) is 0 Å². The molecule has 1 heterocycles. The zero-order chi connectivity index (χ0) is 13.1. The van der Waals surface area contributed by atoms with Crippen molar-refractivity contribution < 1.29 is 14.6 Å². The van der Waals surface area contributed by atoms with Crippen LogP contribution in [-0.4, -0.2) is 29.8 Å². The van der Waals surface area contributed by atoms with Crippen LogP contribution in [0.4, 0.5) is 5.69 Å². The number of rotatable bonds is 4. The first kappa shape index (κ1) is 12.9. The second-order valence-corrected chi connectivity index (χ2v) is 4.84. The number of anilines is 1. The molecular formula is C14H19NO3. The highest BCUT2D eigenvalue weighted by Gasteiger charge is 2.23. The molecule has 1 aliphatic heterocycles. The van der Waals surface area contributed by atoms with Crippen molar-refractivity contribution in [3.05, 3.63) is 29.3 Å². The van der Waals surface area contributed by atoms with E-state index in [9.17, 15) is 9.90 Å². The molecule has 2 rings (SSSR count). The summed E-state index contributed by atoms with van der Waals surface area (Å²) in [6.07, 6.45) is 2.28. The van der Waals surface area contributed by atoms with Crippen LogP contribution in [0.2, 0.25) is 0 Å². The molecule has 4 nitrogen and oxygen atoms in total. The third kappa shape index (κ3) is 2.82. The van der Waals surface area contributed by atoms with Crippen LogP contribution in [-0.2, 0) is 4.74 Å². The van der Waals surface area contributed by atoms with Crippen LogP contribution in [0.1, 0.15) is 35.7 Å². The van der Waals surface area contributed by atoms with E-state index in [0.29, 0.717) is 11.3 Å². The molecule has 1 fully saturated rings. The lowest BCUT2D eigenvalue weighted by Gasteiger charge is -2.22. The Morgan fingerprint density at radius 3 is 2.94 bits per heavy atom. The van der Waals surface area contributed by atoms with Gasteiger partial charge in [0.1, 0.15) is 0 Å². The number of carboxylic acids is 1. The molecule has 98 valence electrons. The number of hydrogen-bond donors (Lipinski definition) is 2. The van der Waals surface area contributed by atoms with Gasteiger partial charge in [-0.05, 0) is 38.8 Å². The molecule has 0 radical (unpaired) electrons. The van der Waals surface area contributed by atoms with E-state index >= 15 is 0 Å². The predicted molar refractivity (Wildman–Crippen MR) is 70.2 cm³/mol. The van der Waals surface area contributed by atoms with Crippen molar-refractivity contribution >= 4 is 11.7 Å². The van der Waals surface area contributed by atoms with Crippen LogP contribution in [0.15, 0.2) is 18.2 Å². The number of aromatic carboxylic acids is 1. The molecule has 1 aromatic carbocycles. The minimum Gasteiger partial charge on any atom is -0.478 e. The van der Waals surface area contributed by atoms with Crippen LogP contribution in [0.5, 0.6) is 0 Å². The third-order valence-corrected chi connectivity index (χ3v) is 3.31. The minimum absolute atomic E-state index is 0.119. The first-order valence-electron chi connectivity index (χ1n) is 6.30. The van der Waals surface area contributed by atoms with E-state index in [0.717, 1.165) is 25.0 Å². The smallest absolute Gasteiger partial charge is 0.337 e. The summed E-state index contributed by atoms with van der Waals surface area (Å²) in [7, 11) is 0. The number of aryl methyl sites for hydroxylation is 1. The summed E-state index contributed by atoms with van der Waals surface area (Å²) in [6.45, 7) is 4.72. The van der Waals surface area contributed by atoms with Gasteiger partial charge in [0.25, 0.3) is 0 Å². The Morgan fingerprint density at radius 2 is 2.33 bits per heavy atom. The molecule has 18 heavy (non-hydrogen) atoms. The van der Waals surface area contributed by atoms with Gasteiger partial charge in [-0.15, -0.1) is 0 Å². The van der Waals surface area contributed by atoms with Crippen molar-refractivity contribution in [2.24, 2.45) is 0 Å². The highest BCUT2D eigenvalue weighted by molar-refractivity contribution is 5.94. The van der Waals surface area contributed by atoms with Gasteiger partial charge in [0.05, 0.1) is 11.7 Å². The van der Waals surface area contributed by atoms with E-state index in [-0.39, 0.29) is 12.1 Å². The quantitative estimate of drug-likeness (QED) is 0.861. The van der Waals surface area contributed by atoms with Gasteiger partial charge in [0, 0.05) is 18.3 Å². The topological polar surface area (TPSA) is 58.6 Å². The molecule has 4 heteroatoms. The Labute approximate surface area is 107 Å². The number of hydrogen-bond acceptors (Lipinski definition) is 3. The molecule has 2 N–H and O–H groups in total. The van der Waals surface area contributed by atoms with Gasteiger partial charge in [0.15, 0.2) is 0 Å². The molecular weight excluding hydrogens is 230 g/mol. The molecule has 0 spiro atoms. The molecule has 1 aromatic rings. The van der Waals surface area contributed by atoms with Crippen molar-refractivity contribution in [2.75, 3.05) is 11.9 Å². The average molecular weight is 249 g/mol. The summed E-state index contributed by atoms with van der Waals surface area (Å²) < 4.78 is 5.60. The summed E-state index contributed by atoms with van der Waals surface area (Å²) >= 11 is 0. The van der Waals surface area contributed by atoms with Crippen molar-refractivity contribution in [2.45, 2.75) is 38.8 Å². The lowest BCUT2D eigenvalue weighted by Crippen LogP contribution is -2.30. The number of carboxylic acid groups (broad SMARTS) is 1. The summed E-state index contributed by atoms with van der Waals surface area (Å²) in [6, 6.07) is 5.54. The first-order valence-corrected chi connectivity index (χ1v) is 6.30. The van der Waals surface area contributed by atoms with Gasteiger partial charge in [-0.3, -0.25) is 0 Å². The Morgan fingerprint density at radius 1 is 1.56 bits per heavy atom. The lowest BCUT2D eigenvalue weighted by atomic mass is 10.1. The van der Waals surface area contributed by atoms with E-state index in [4.69, 9.17) is 4.74 Å². The third-order valence-electron chi connectivity index (χ3n) is 3.31. The van der Waals surface area contributed by atoms with Gasteiger partial charge in [-0.25, -0.2) is 4.79 Å². The molecule has 0 aliphatic carbocycles. The largest absolute Gasteiger partial charge is 0.478 e. The van der Waals surface area contributed by atoms with Crippen LogP contribution in [0.3, 0.4) is 0 Å². The minimum atomic E-state index is -0.902. The monoisotopic (exact) mass is 249 g/mol. The lowest BCUT2D eigenvalue weighted by molar-refractivity contribution is 0.0697. The maximum absolute atomic E-state index is 11.2. The van der Waals surface area contributed by atoms with E-state index in [1.54, 1.807) is 6.07 Å². The van der Waals surface area contributed by atoms with Gasteiger partial charge >= 0.3 is 5.97 Å². The van der Waals surface area contributed by atoms with E-state index in [1.165, 1.54) is 0 Å². The maximum Gasteiger partial charge on any atom is 0.337 e. The zero-order valence-electron chi connectivity index (χ0n) is 10.8. The Kier molecular flexibility index (Phi) is 3.87. The van der Waals surface area contributed by atoms with Crippen LogP contribution < -0.4 is 5.32 Å². The zero-order valence-corrected chi connectivity index (χ0v) is 10.8. The van der Waals surface area contributed by atoms with Crippen LogP contribution >= 0.6 is 0 Å². The highest BCUT2D eigenvalue weighted by atomic mass is 16.5. The molecule has 0 bridgehead atoms. The molecule has 2 unspecified atom stereocenters. The standard InChI is InChI=1S/C14H19NO3/c1-9-5-6-12(11(8-9)14(16)17)15-10(2)13-4-3-7-18-13/h5-6,8,10,13,15H,3-4,7H2,1-2H3,(H,16,17). The van der Waals surface area contributed by atoms with Crippen molar-refractivity contribution in [1.29, 1.82) is 0 Å². The van der Waals surface area contributed by atoms with Gasteiger partial charge in [-0.1, -0.05) is 11.6 Å².